The summed E-state index contributed by atoms with van der Waals surface area (Å²) in [5.74, 6) is 2.69. The maximum absolute atomic E-state index is 11.7. The largest absolute Gasteiger partial charge is 0.312 e. The maximum Gasteiger partial charge on any atom is 0.156 e. The third kappa shape index (κ3) is 5.19. The van der Waals surface area contributed by atoms with Crippen LogP contribution in [0.3, 0.4) is 0 Å². The second-order valence-electron chi connectivity index (χ2n) is 4.69. The lowest BCUT2D eigenvalue weighted by atomic mass is 10.2. The Morgan fingerprint density at radius 1 is 1.40 bits per heavy atom. The molecule has 0 radical (unpaired) electrons. The summed E-state index contributed by atoms with van der Waals surface area (Å²) in [7, 11) is -3.02. The van der Waals surface area contributed by atoms with Crippen LogP contribution in [0.4, 0.5) is 0 Å². The first-order chi connectivity index (χ1) is 6.70. The van der Waals surface area contributed by atoms with E-state index in [-0.39, 0.29) is 11.8 Å². The van der Waals surface area contributed by atoms with Crippen molar-refractivity contribution in [3.8, 4) is 12.3 Å². The van der Waals surface area contributed by atoms with E-state index in [1.165, 1.54) is 0 Å². The van der Waals surface area contributed by atoms with Crippen LogP contribution in [0.15, 0.2) is 0 Å². The molecule has 0 aromatic heterocycles. The Hall–Kier alpha value is -0.530. The summed E-state index contributed by atoms with van der Waals surface area (Å²) in [5.41, 5.74) is 0. The third-order valence-electron chi connectivity index (χ3n) is 2.22. The van der Waals surface area contributed by atoms with E-state index in [1.807, 2.05) is 6.92 Å². The van der Waals surface area contributed by atoms with Gasteiger partial charge in [-0.15, -0.1) is 12.3 Å². The lowest BCUT2D eigenvalue weighted by Crippen LogP contribution is -2.37. The minimum absolute atomic E-state index is 0.158. The molecule has 4 heteroatoms. The molecule has 1 N–H and O–H groups in total. The Kier molecular flexibility index (Phi) is 5.33. The van der Waals surface area contributed by atoms with Gasteiger partial charge < -0.3 is 5.32 Å². The number of nitrogens with one attached hydrogen (secondary N) is 1. The molecule has 0 amide bonds. The maximum atomic E-state index is 11.7. The van der Waals surface area contributed by atoms with Gasteiger partial charge in [0.15, 0.2) is 9.84 Å². The van der Waals surface area contributed by atoms with Gasteiger partial charge in [-0.05, 0) is 27.7 Å². The van der Waals surface area contributed by atoms with E-state index in [1.54, 1.807) is 20.8 Å². The third-order valence-corrected chi connectivity index (χ3v) is 4.83. The normalized spacial score (nSPS) is 14.6. The van der Waals surface area contributed by atoms with Crippen LogP contribution >= 0.6 is 0 Å². The average Bonchev–Trinajstić information content (AvgIpc) is 2.01. The molecule has 1 unspecified atom stereocenters. The standard InChI is InChI=1S/C11H21NO2S/c1-6-7-10(2)12-8-9-15(13,14)11(3,4)5/h1,10,12H,7-9H2,2-5H3. The predicted octanol–water partition coefficient (Wildman–Crippen LogP) is 1.20. The molecule has 1 atom stereocenters. The Labute approximate surface area is 93.6 Å². The van der Waals surface area contributed by atoms with E-state index in [0.29, 0.717) is 13.0 Å². The lowest BCUT2D eigenvalue weighted by Gasteiger charge is -2.20. The molecule has 0 saturated heterocycles. The SMILES string of the molecule is C#CCC(C)NCCS(=O)(=O)C(C)(C)C. The summed E-state index contributed by atoms with van der Waals surface area (Å²) in [6.07, 6.45) is 5.77. The summed E-state index contributed by atoms with van der Waals surface area (Å²) < 4.78 is 22.7. The van der Waals surface area contributed by atoms with Gasteiger partial charge in [-0.2, -0.15) is 0 Å². The Balaban J connectivity index is 4.04. The number of hydrogen-bond acceptors (Lipinski definition) is 3. The van der Waals surface area contributed by atoms with Crippen molar-refractivity contribution in [1.82, 2.24) is 5.32 Å². The Morgan fingerprint density at radius 3 is 2.33 bits per heavy atom. The van der Waals surface area contributed by atoms with Crippen LogP contribution in [0, 0.1) is 12.3 Å². The van der Waals surface area contributed by atoms with Crippen LogP contribution in [0.2, 0.25) is 0 Å². The van der Waals surface area contributed by atoms with Crippen LogP contribution in [-0.2, 0) is 9.84 Å². The van der Waals surface area contributed by atoms with Crippen molar-refractivity contribution in [2.45, 2.75) is 44.9 Å². The van der Waals surface area contributed by atoms with Crippen molar-refractivity contribution in [3.05, 3.63) is 0 Å². The summed E-state index contributed by atoms with van der Waals surface area (Å²) in [6.45, 7) is 7.56. The van der Waals surface area contributed by atoms with Crippen LogP contribution < -0.4 is 5.32 Å². The highest BCUT2D eigenvalue weighted by Crippen LogP contribution is 2.15. The van der Waals surface area contributed by atoms with Crippen LogP contribution in [-0.4, -0.2) is 31.5 Å². The van der Waals surface area contributed by atoms with Gasteiger partial charge in [-0.25, -0.2) is 8.42 Å². The molecule has 0 rings (SSSR count). The molecule has 0 aliphatic heterocycles. The first kappa shape index (κ1) is 14.5. The molecule has 0 bridgehead atoms. The number of hydrogen-bond donors (Lipinski definition) is 1. The van der Waals surface area contributed by atoms with Crippen molar-refractivity contribution >= 4 is 9.84 Å². The summed E-state index contributed by atoms with van der Waals surface area (Å²) >= 11 is 0. The number of sulfone groups is 1. The van der Waals surface area contributed by atoms with E-state index in [0.717, 1.165) is 0 Å². The van der Waals surface area contributed by atoms with Crippen molar-refractivity contribution in [1.29, 1.82) is 0 Å². The zero-order chi connectivity index (χ0) is 12.1. The highest BCUT2D eigenvalue weighted by molar-refractivity contribution is 7.92. The Bertz CT molecular complexity index is 319. The molecule has 0 fully saturated rings. The van der Waals surface area contributed by atoms with Gasteiger partial charge in [0.2, 0.25) is 0 Å². The molecule has 0 aliphatic carbocycles. The fourth-order valence-electron chi connectivity index (χ4n) is 0.995. The quantitative estimate of drug-likeness (QED) is 0.723. The van der Waals surface area contributed by atoms with Gasteiger partial charge in [0.25, 0.3) is 0 Å². The van der Waals surface area contributed by atoms with Crippen molar-refractivity contribution in [2.24, 2.45) is 0 Å². The zero-order valence-electron chi connectivity index (χ0n) is 10.0. The summed E-state index contributed by atoms with van der Waals surface area (Å²) in [6, 6.07) is 0.171. The molecule has 3 nitrogen and oxygen atoms in total. The second kappa shape index (κ2) is 5.53. The highest BCUT2D eigenvalue weighted by Gasteiger charge is 2.28. The van der Waals surface area contributed by atoms with Crippen LogP contribution in [0.1, 0.15) is 34.1 Å². The molecule has 0 heterocycles. The average molecular weight is 231 g/mol. The van der Waals surface area contributed by atoms with E-state index < -0.39 is 14.6 Å². The van der Waals surface area contributed by atoms with E-state index in [4.69, 9.17) is 6.42 Å². The summed E-state index contributed by atoms with van der Waals surface area (Å²) in [5, 5.41) is 3.09. The van der Waals surface area contributed by atoms with Crippen molar-refractivity contribution < 1.29 is 8.42 Å². The van der Waals surface area contributed by atoms with Gasteiger partial charge in [-0.1, -0.05) is 0 Å². The molecular formula is C11H21NO2S. The van der Waals surface area contributed by atoms with Crippen LogP contribution in [0.5, 0.6) is 0 Å². The number of rotatable bonds is 5. The highest BCUT2D eigenvalue weighted by atomic mass is 32.2. The summed E-state index contributed by atoms with van der Waals surface area (Å²) in [4.78, 5) is 0. The fourth-order valence-corrected chi connectivity index (χ4v) is 1.99. The van der Waals surface area contributed by atoms with Crippen LogP contribution in [0.25, 0.3) is 0 Å². The van der Waals surface area contributed by atoms with E-state index in [2.05, 4.69) is 11.2 Å². The Morgan fingerprint density at radius 2 is 1.93 bits per heavy atom. The lowest BCUT2D eigenvalue weighted by molar-refractivity contribution is 0.543. The zero-order valence-corrected chi connectivity index (χ0v) is 10.8. The number of terminal acetylenes is 1. The molecule has 15 heavy (non-hydrogen) atoms. The first-order valence-electron chi connectivity index (χ1n) is 5.10. The van der Waals surface area contributed by atoms with E-state index >= 15 is 0 Å². The van der Waals surface area contributed by atoms with Gasteiger partial charge in [0.05, 0.1) is 10.5 Å². The van der Waals surface area contributed by atoms with Gasteiger partial charge in [0, 0.05) is 19.0 Å². The van der Waals surface area contributed by atoms with Gasteiger partial charge >= 0.3 is 0 Å². The smallest absolute Gasteiger partial charge is 0.156 e. The van der Waals surface area contributed by atoms with Gasteiger partial charge in [0.1, 0.15) is 0 Å². The van der Waals surface area contributed by atoms with Gasteiger partial charge in [-0.3, -0.25) is 0 Å². The topological polar surface area (TPSA) is 46.2 Å². The minimum Gasteiger partial charge on any atom is -0.312 e. The molecule has 0 aromatic carbocycles. The monoisotopic (exact) mass is 231 g/mol. The fraction of sp³-hybridized carbons (Fsp3) is 0.818. The molecule has 0 saturated carbocycles. The molecule has 0 aliphatic rings. The van der Waals surface area contributed by atoms with Crippen molar-refractivity contribution in [2.75, 3.05) is 12.3 Å². The predicted molar refractivity (Wildman–Crippen MR) is 64.5 cm³/mol. The minimum atomic E-state index is -3.02. The molecular weight excluding hydrogens is 210 g/mol. The second-order valence-corrected chi connectivity index (χ2v) is 7.56. The first-order valence-corrected chi connectivity index (χ1v) is 6.75. The van der Waals surface area contributed by atoms with E-state index in [9.17, 15) is 8.42 Å². The molecule has 0 spiro atoms. The molecule has 88 valence electrons. The van der Waals surface area contributed by atoms with Crippen molar-refractivity contribution in [3.63, 3.8) is 0 Å². The molecule has 0 aromatic rings.